The smallest absolute Gasteiger partial charge is 0.278 e. The first-order chi connectivity index (χ1) is 11.7. The number of benzene rings is 2. The highest BCUT2D eigenvalue weighted by atomic mass is 32.1. The highest BCUT2D eigenvalue weighted by Gasteiger charge is 2.30. The summed E-state index contributed by atoms with van der Waals surface area (Å²) in [5.41, 5.74) is 3.84. The molecule has 24 heavy (non-hydrogen) atoms. The Kier molecular flexibility index (Phi) is 3.90. The first-order valence-corrected chi connectivity index (χ1v) is 9.04. The second-order valence-corrected chi connectivity index (χ2v) is 6.95. The number of aryl methyl sites for hydroxylation is 1. The van der Waals surface area contributed by atoms with Crippen LogP contribution in [0.15, 0.2) is 60.0 Å². The summed E-state index contributed by atoms with van der Waals surface area (Å²) in [6.07, 6.45) is 2.01. The minimum absolute atomic E-state index is 0.00641. The number of nitrogens with zero attached hydrogens (tertiary/aromatic N) is 2. The molecule has 2 aromatic carbocycles. The number of thiazole rings is 1. The zero-order valence-electron chi connectivity index (χ0n) is 13.5. The average molecular weight is 334 g/mol. The number of anilines is 1. The predicted octanol–water partition coefficient (Wildman–Crippen LogP) is 4.79. The molecule has 3 nitrogen and oxygen atoms in total. The number of fused-ring (bicyclic) bond motifs is 1. The van der Waals surface area contributed by atoms with Crippen LogP contribution in [0.2, 0.25) is 0 Å². The molecule has 0 radical (unpaired) electrons. The topological polar surface area (TPSA) is 33.2 Å². The monoisotopic (exact) mass is 334 g/mol. The van der Waals surface area contributed by atoms with Gasteiger partial charge in [0, 0.05) is 22.7 Å². The standard InChI is InChI=1S/C20H18N2OS/c1-14-11-12-15-7-5-6-10-18(15)22(14)20(23)17-13-24-19(21-17)16-8-3-2-4-9-16/h2-10,13-14H,11-12H2,1H3/t14-/m1/s1. The lowest BCUT2D eigenvalue weighted by Crippen LogP contribution is -2.42. The first-order valence-electron chi connectivity index (χ1n) is 8.16. The van der Waals surface area contributed by atoms with Crippen LogP contribution in [0.1, 0.15) is 29.4 Å². The third-order valence-electron chi connectivity index (χ3n) is 4.49. The van der Waals surface area contributed by atoms with Gasteiger partial charge in [-0.05, 0) is 31.4 Å². The molecule has 0 bridgehead atoms. The molecule has 2 heterocycles. The fourth-order valence-corrected chi connectivity index (χ4v) is 4.01. The van der Waals surface area contributed by atoms with Crippen LogP contribution in [-0.4, -0.2) is 16.9 Å². The third kappa shape index (κ3) is 2.63. The average Bonchev–Trinajstić information content (AvgIpc) is 3.12. The molecule has 120 valence electrons. The van der Waals surface area contributed by atoms with E-state index in [-0.39, 0.29) is 11.9 Å². The van der Waals surface area contributed by atoms with Gasteiger partial charge < -0.3 is 4.90 Å². The van der Waals surface area contributed by atoms with Crippen LogP contribution < -0.4 is 4.90 Å². The molecular formula is C20H18N2OS. The van der Waals surface area contributed by atoms with E-state index >= 15 is 0 Å². The Bertz CT molecular complexity index is 872. The van der Waals surface area contributed by atoms with Crippen molar-refractivity contribution in [1.29, 1.82) is 0 Å². The Morgan fingerprint density at radius 3 is 2.71 bits per heavy atom. The highest BCUT2D eigenvalue weighted by molar-refractivity contribution is 7.13. The molecule has 3 aromatic rings. The summed E-state index contributed by atoms with van der Waals surface area (Å²) < 4.78 is 0. The fourth-order valence-electron chi connectivity index (χ4n) is 3.21. The fraction of sp³-hybridized carbons (Fsp3) is 0.200. The number of rotatable bonds is 2. The summed E-state index contributed by atoms with van der Waals surface area (Å²) in [7, 11) is 0. The maximum Gasteiger partial charge on any atom is 0.278 e. The van der Waals surface area contributed by atoms with Gasteiger partial charge in [-0.1, -0.05) is 48.5 Å². The number of carbonyl (C=O) groups excluding carboxylic acids is 1. The number of amides is 1. The normalized spacial score (nSPS) is 16.7. The summed E-state index contributed by atoms with van der Waals surface area (Å²) in [5.74, 6) is -0.00641. The van der Waals surface area contributed by atoms with Crippen molar-refractivity contribution in [2.75, 3.05) is 4.90 Å². The summed E-state index contributed by atoms with van der Waals surface area (Å²) >= 11 is 1.52. The van der Waals surface area contributed by atoms with Crippen LogP contribution >= 0.6 is 11.3 Å². The van der Waals surface area contributed by atoms with Gasteiger partial charge in [-0.2, -0.15) is 0 Å². The van der Waals surface area contributed by atoms with E-state index in [1.54, 1.807) is 0 Å². The molecule has 0 N–H and O–H groups in total. The van der Waals surface area contributed by atoms with E-state index in [9.17, 15) is 4.79 Å². The molecule has 0 unspecified atom stereocenters. The molecule has 0 aliphatic carbocycles. The number of hydrogen-bond donors (Lipinski definition) is 0. The van der Waals surface area contributed by atoms with Gasteiger partial charge in [0.1, 0.15) is 10.7 Å². The predicted molar refractivity (Wildman–Crippen MR) is 98.6 cm³/mol. The summed E-state index contributed by atoms with van der Waals surface area (Å²) in [6.45, 7) is 2.11. The van der Waals surface area contributed by atoms with Crippen LogP contribution in [0.3, 0.4) is 0 Å². The second kappa shape index (κ2) is 6.21. The van der Waals surface area contributed by atoms with E-state index in [1.807, 2.05) is 58.8 Å². The van der Waals surface area contributed by atoms with E-state index in [1.165, 1.54) is 16.9 Å². The molecule has 0 saturated heterocycles. The molecule has 4 heteroatoms. The Balaban J connectivity index is 1.68. The van der Waals surface area contributed by atoms with Gasteiger partial charge in [0.05, 0.1) is 0 Å². The van der Waals surface area contributed by atoms with Gasteiger partial charge >= 0.3 is 0 Å². The van der Waals surface area contributed by atoms with Crippen molar-refractivity contribution in [3.05, 3.63) is 71.2 Å². The van der Waals surface area contributed by atoms with Crippen LogP contribution in [0, 0.1) is 0 Å². The van der Waals surface area contributed by atoms with E-state index in [4.69, 9.17) is 0 Å². The van der Waals surface area contributed by atoms with Crippen LogP contribution in [-0.2, 0) is 6.42 Å². The zero-order valence-corrected chi connectivity index (χ0v) is 14.3. The quantitative estimate of drug-likeness (QED) is 0.675. The van der Waals surface area contributed by atoms with E-state index in [0.29, 0.717) is 5.69 Å². The van der Waals surface area contributed by atoms with Gasteiger partial charge in [0.25, 0.3) is 5.91 Å². The SMILES string of the molecule is C[C@@H]1CCc2ccccc2N1C(=O)c1csc(-c2ccccc2)n1. The van der Waals surface area contributed by atoms with Gasteiger partial charge in [-0.15, -0.1) is 11.3 Å². The lowest BCUT2D eigenvalue weighted by Gasteiger charge is -2.34. The minimum Gasteiger partial charge on any atom is -0.304 e. The number of hydrogen-bond acceptors (Lipinski definition) is 3. The largest absolute Gasteiger partial charge is 0.304 e. The summed E-state index contributed by atoms with van der Waals surface area (Å²) in [5, 5.41) is 2.76. The number of para-hydroxylation sites is 1. The van der Waals surface area contributed by atoms with Crippen molar-refractivity contribution in [1.82, 2.24) is 4.98 Å². The van der Waals surface area contributed by atoms with Crippen molar-refractivity contribution >= 4 is 22.9 Å². The molecule has 0 saturated carbocycles. The molecule has 1 aliphatic heterocycles. The molecule has 0 fully saturated rings. The number of carbonyl (C=O) groups is 1. The molecule has 4 rings (SSSR count). The number of aromatic nitrogens is 1. The highest BCUT2D eigenvalue weighted by Crippen LogP contribution is 2.32. The second-order valence-electron chi connectivity index (χ2n) is 6.10. The molecule has 1 aliphatic rings. The maximum atomic E-state index is 13.1. The molecule has 0 spiro atoms. The summed E-state index contributed by atoms with van der Waals surface area (Å²) in [6, 6.07) is 18.4. The van der Waals surface area contributed by atoms with Gasteiger partial charge in [-0.3, -0.25) is 4.79 Å². The maximum absolute atomic E-state index is 13.1. The third-order valence-corrected chi connectivity index (χ3v) is 5.38. The van der Waals surface area contributed by atoms with Crippen molar-refractivity contribution < 1.29 is 4.79 Å². The lowest BCUT2D eigenvalue weighted by molar-refractivity contribution is 0.0971. The van der Waals surface area contributed by atoms with Gasteiger partial charge in [0.15, 0.2) is 0 Å². The zero-order chi connectivity index (χ0) is 16.5. The minimum atomic E-state index is -0.00641. The van der Waals surface area contributed by atoms with E-state index < -0.39 is 0 Å². The Morgan fingerprint density at radius 1 is 1.12 bits per heavy atom. The van der Waals surface area contributed by atoms with Crippen LogP contribution in [0.5, 0.6) is 0 Å². The molecular weight excluding hydrogens is 316 g/mol. The van der Waals surface area contributed by atoms with Crippen molar-refractivity contribution in [2.24, 2.45) is 0 Å². The Labute approximate surface area is 145 Å². The van der Waals surface area contributed by atoms with Gasteiger partial charge in [-0.25, -0.2) is 4.98 Å². The van der Waals surface area contributed by atoms with Gasteiger partial charge in [0.2, 0.25) is 0 Å². The molecule has 1 aromatic heterocycles. The summed E-state index contributed by atoms with van der Waals surface area (Å²) in [4.78, 5) is 19.6. The van der Waals surface area contributed by atoms with Crippen molar-refractivity contribution in [3.63, 3.8) is 0 Å². The lowest BCUT2D eigenvalue weighted by atomic mass is 9.96. The molecule has 1 amide bonds. The van der Waals surface area contributed by atoms with Crippen LogP contribution in [0.4, 0.5) is 5.69 Å². The van der Waals surface area contributed by atoms with Crippen molar-refractivity contribution in [2.45, 2.75) is 25.8 Å². The molecule has 1 atom stereocenters. The first kappa shape index (κ1) is 15.1. The Hall–Kier alpha value is -2.46. The van der Waals surface area contributed by atoms with Crippen LogP contribution in [0.25, 0.3) is 10.6 Å². The van der Waals surface area contributed by atoms with E-state index in [0.717, 1.165) is 29.1 Å². The van der Waals surface area contributed by atoms with E-state index in [2.05, 4.69) is 18.0 Å². The van der Waals surface area contributed by atoms with Crippen molar-refractivity contribution in [3.8, 4) is 10.6 Å². The Morgan fingerprint density at radius 2 is 1.88 bits per heavy atom.